The first kappa shape index (κ1) is 18.5. The van der Waals surface area contributed by atoms with E-state index in [1.54, 1.807) is 22.5 Å². The summed E-state index contributed by atoms with van der Waals surface area (Å²) in [4.78, 5) is 0.345. The Kier molecular flexibility index (Phi) is 5.62. The molecule has 0 amide bonds. The van der Waals surface area contributed by atoms with Gasteiger partial charge in [-0.05, 0) is 43.9 Å². The molecule has 3 nitrogen and oxygen atoms in total. The smallest absolute Gasteiger partial charge is 0.264 e. The Balaban J connectivity index is 2.00. The van der Waals surface area contributed by atoms with Crippen LogP contribution in [0, 0.1) is 6.92 Å². The molecule has 1 aliphatic heterocycles. The van der Waals surface area contributed by atoms with E-state index in [4.69, 9.17) is 0 Å². The molecule has 4 heteroatoms. The van der Waals surface area contributed by atoms with Crippen LogP contribution in [0.25, 0.3) is 0 Å². The Labute approximate surface area is 156 Å². The van der Waals surface area contributed by atoms with Crippen LogP contribution >= 0.6 is 0 Å². The van der Waals surface area contributed by atoms with Gasteiger partial charge in [0.05, 0.1) is 4.90 Å². The van der Waals surface area contributed by atoms with Gasteiger partial charge in [0.15, 0.2) is 0 Å². The van der Waals surface area contributed by atoms with Gasteiger partial charge in [-0.15, -0.1) is 6.58 Å². The summed E-state index contributed by atoms with van der Waals surface area (Å²) in [5, 5.41) is 0. The third-order valence-corrected chi connectivity index (χ3v) is 6.66. The Morgan fingerprint density at radius 3 is 2.46 bits per heavy atom. The van der Waals surface area contributed by atoms with E-state index in [9.17, 15) is 8.42 Å². The van der Waals surface area contributed by atoms with Gasteiger partial charge in [0.1, 0.15) is 0 Å². The fourth-order valence-electron chi connectivity index (χ4n) is 3.45. The van der Waals surface area contributed by atoms with Gasteiger partial charge in [-0.2, -0.15) is 0 Å². The summed E-state index contributed by atoms with van der Waals surface area (Å²) in [6, 6.07) is 17.1. The zero-order chi connectivity index (χ0) is 18.6. The van der Waals surface area contributed by atoms with Crippen LogP contribution in [0.1, 0.15) is 30.4 Å². The quantitative estimate of drug-likeness (QED) is 0.684. The highest BCUT2D eigenvalue weighted by Gasteiger charge is 2.34. The Bertz CT molecular complexity index is 883. The van der Waals surface area contributed by atoms with Gasteiger partial charge in [-0.25, -0.2) is 8.42 Å². The van der Waals surface area contributed by atoms with E-state index in [2.05, 4.69) is 18.7 Å². The molecule has 0 fully saturated rings. The fourth-order valence-corrected chi connectivity index (χ4v) is 5.19. The van der Waals surface area contributed by atoms with Crippen LogP contribution in [0.5, 0.6) is 0 Å². The second kappa shape index (κ2) is 7.92. The topological polar surface area (TPSA) is 37.4 Å². The highest BCUT2D eigenvalue weighted by molar-refractivity contribution is 7.89. The molecule has 0 aliphatic carbocycles. The molecule has 26 heavy (non-hydrogen) atoms. The van der Waals surface area contributed by atoms with Gasteiger partial charge < -0.3 is 0 Å². The zero-order valence-electron chi connectivity index (χ0n) is 15.1. The number of allylic oxidation sites excluding steroid dienone is 2. The van der Waals surface area contributed by atoms with Crippen molar-refractivity contribution in [3.63, 3.8) is 0 Å². The molecule has 1 atom stereocenters. The van der Waals surface area contributed by atoms with E-state index >= 15 is 0 Å². The van der Waals surface area contributed by atoms with Gasteiger partial charge in [-0.1, -0.05) is 60.2 Å². The van der Waals surface area contributed by atoms with E-state index < -0.39 is 10.0 Å². The molecule has 0 bridgehead atoms. The maximum Gasteiger partial charge on any atom is 0.264 e. The van der Waals surface area contributed by atoms with E-state index in [0.29, 0.717) is 17.7 Å². The largest absolute Gasteiger partial charge is 0.267 e. The van der Waals surface area contributed by atoms with Crippen molar-refractivity contribution in [3.8, 4) is 0 Å². The average Bonchev–Trinajstić information content (AvgIpc) is 2.63. The third-order valence-electron chi connectivity index (χ3n) is 4.74. The van der Waals surface area contributed by atoms with Gasteiger partial charge >= 0.3 is 0 Å². The molecule has 136 valence electrons. The molecular weight excluding hydrogens is 342 g/mol. The van der Waals surface area contributed by atoms with E-state index in [1.165, 1.54) is 0 Å². The van der Waals surface area contributed by atoms with Crippen molar-refractivity contribution in [2.75, 3.05) is 0 Å². The summed E-state index contributed by atoms with van der Waals surface area (Å²) in [5.41, 5.74) is 3.03. The molecule has 0 radical (unpaired) electrons. The van der Waals surface area contributed by atoms with Gasteiger partial charge in [0, 0.05) is 18.2 Å². The van der Waals surface area contributed by atoms with Crippen LogP contribution in [0.15, 0.2) is 83.9 Å². The standard InChI is InChI=1S/C22H25NO2S/c1-3-8-20-11-7-12-21(17-19-9-5-4-6-10-19)23(20)26(24,25)22-15-13-18(2)14-16-22/h3-6,9-11,13-16,21H,1,7-8,12,17H2,2H3/t21-/m1/s1. The summed E-state index contributed by atoms with van der Waals surface area (Å²) in [6.07, 6.45) is 6.78. The zero-order valence-corrected chi connectivity index (χ0v) is 16.0. The van der Waals surface area contributed by atoms with Crippen LogP contribution in [-0.2, 0) is 16.4 Å². The summed E-state index contributed by atoms with van der Waals surface area (Å²) < 4.78 is 28.5. The molecule has 3 rings (SSSR count). The number of rotatable bonds is 6. The first-order chi connectivity index (χ1) is 12.5. The Morgan fingerprint density at radius 1 is 1.12 bits per heavy atom. The van der Waals surface area contributed by atoms with Crippen molar-refractivity contribution in [1.29, 1.82) is 0 Å². The maximum absolute atomic E-state index is 13.4. The summed E-state index contributed by atoms with van der Waals surface area (Å²) in [7, 11) is -3.60. The Morgan fingerprint density at radius 2 is 1.81 bits per heavy atom. The second-order valence-electron chi connectivity index (χ2n) is 6.72. The van der Waals surface area contributed by atoms with Crippen LogP contribution in [0.3, 0.4) is 0 Å². The lowest BCUT2D eigenvalue weighted by atomic mass is 9.98. The predicted octanol–water partition coefficient (Wildman–Crippen LogP) is 4.85. The third kappa shape index (κ3) is 3.91. The molecule has 1 aliphatic rings. The van der Waals surface area contributed by atoms with E-state index in [-0.39, 0.29) is 6.04 Å². The van der Waals surface area contributed by atoms with Gasteiger partial charge in [0.2, 0.25) is 0 Å². The van der Waals surface area contributed by atoms with Crippen molar-refractivity contribution in [2.24, 2.45) is 0 Å². The van der Waals surface area contributed by atoms with Crippen LogP contribution in [0.4, 0.5) is 0 Å². The molecule has 0 spiro atoms. The number of nitrogens with zero attached hydrogens (tertiary/aromatic N) is 1. The number of hydrogen-bond donors (Lipinski definition) is 0. The molecule has 2 aromatic rings. The van der Waals surface area contributed by atoms with Crippen molar-refractivity contribution in [1.82, 2.24) is 4.31 Å². The monoisotopic (exact) mass is 367 g/mol. The molecule has 0 saturated heterocycles. The predicted molar refractivity (Wildman–Crippen MR) is 106 cm³/mol. The molecular formula is C22H25NO2S. The normalized spacial score (nSPS) is 17.7. The van der Waals surface area contributed by atoms with E-state index in [1.807, 2.05) is 43.3 Å². The first-order valence-electron chi connectivity index (χ1n) is 8.97. The summed E-state index contributed by atoms with van der Waals surface area (Å²) in [5.74, 6) is 0. The fraction of sp³-hybridized carbons (Fsp3) is 0.273. The minimum atomic E-state index is -3.60. The van der Waals surface area contributed by atoms with Crippen molar-refractivity contribution < 1.29 is 8.42 Å². The lowest BCUT2D eigenvalue weighted by Gasteiger charge is -2.37. The van der Waals surface area contributed by atoms with E-state index in [0.717, 1.165) is 29.7 Å². The second-order valence-corrected chi connectivity index (χ2v) is 8.54. The molecule has 0 aromatic heterocycles. The minimum Gasteiger partial charge on any atom is -0.267 e. The highest BCUT2D eigenvalue weighted by Crippen LogP contribution is 2.32. The lowest BCUT2D eigenvalue weighted by Crippen LogP contribution is -2.42. The van der Waals surface area contributed by atoms with Gasteiger partial charge in [0.25, 0.3) is 10.0 Å². The number of benzene rings is 2. The van der Waals surface area contributed by atoms with Crippen LogP contribution in [0.2, 0.25) is 0 Å². The van der Waals surface area contributed by atoms with Crippen LogP contribution in [-0.4, -0.2) is 18.8 Å². The molecule has 2 aromatic carbocycles. The number of sulfonamides is 1. The SMILES string of the molecule is C=CCC1=CCC[C@H](Cc2ccccc2)N1S(=O)(=O)c1ccc(C)cc1. The Hall–Kier alpha value is -2.33. The lowest BCUT2D eigenvalue weighted by molar-refractivity contribution is 0.332. The highest BCUT2D eigenvalue weighted by atomic mass is 32.2. The summed E-state index contributed by atoms with van der Waals surface area (Å²) in [6.45, 7) is 5.76. The summed E-state index contributed by atoms with van der Waals surface area (Å²) >= 11 is 0. The van der Waals surface area contributed by atoms with Crippen LogP contribution < -0.4 is 0 Å². The molecule has 0 unspecified atom stereocenters. The van der Waals surface area contributed by atoms with Gasteiger partial charge in [-0.3, -0.25) is 4.31 Å². The average molecular weight is 368 g/mol. The van der Waals surface area contributed by atoms with Crippen molar-refractivity contribution >= 4 is 10.0 Å². The molecule has 0 N–H and O–H groups in total. The van der Waals surface area contributed by atoms with Crippen molar-refractivity contribution in [2.45, 2.75) is 43.5 Å². The van der Waals surface area contributed by atoms with Crippen molar-refractivity contribution in [3.05, 3.63) is 90.2 Å². The maximum atomic E-state index is 13.4. The first-order valence-corrected chi connectivity index (χ1v) is 10.4. The molecule has 1 heterocycles. The number of aryl methyl sites for hydroxylation is 1. The minimum absolute atomic E-state index is 0.0800. The molecule has 0 saturated carbocycles. The number of hydrogen-bond acceptors (Lipinski definition) is 2.